The molecule has 1 aromatic carbocycles. The Hall–Kier alpha value is -1.42. The summed E-state index contributed by atoms with van der Waals surface area (Å²) in [5.74, 6) is 0.227. The second kappa shape index (κ2) is 2.28. The van der Waals surface area contributed by atoms with Gasteiger partial charge in [0.15, 0.2) is 11.5 Å². The van der Waals surface area contributed by atoms with Crippen molar-refractivity contribution in [1.82, 2.24) is 0 Å². The lowest BCUT2D eigenvalue weighted by molar-refractivity contribution is 0.333. The summed E-state index contributed by atoms with van der Waals surface area (Å²) < 4.78 is 5.15. The van der Waals surface area contributed by atoms with Crippen molar-refractivity contribution in [3.63, 3.8) is 0 Å². The van der Waals surface area contributed by atoms with Crippen LogP contribution in [0, 0.1) is 0 Å². The maximum atomic E-state index is 9.38. The molecule has 0 amide bonds. The number of ether oxygens (including phenoxy) is 1. The Kier molecular flexibility index (Phi) is 1.38. The van der Waals surface area contributed by atoms with E-state index in [1.165, 1.54) is 6.07 Å². The molecule has 0 bridgehead atoms. The monoisotopic (exact) mass is 167 g/mol. The van der Waals surface area contributed by atoms with Gasteiger partial charge in [-0.15, -0.1) is 0 Å². The largest absolute Gasteiger partial charge is 0.504 e. The molecule has 1 aromatic rings. The minimum atomic E-state index is -0.341. The van der Waals surface area contributed by atoms with Gasteiger partial charge in [0.25, 0.3) is 0 Å². The summed E-state index contributed by atoms with van der Waals surface area (Å²) in [6.07, 6.45) is 0. The number of hydrogen-bond donors (Lipinski definition) is 3. The highest BCUT2D eigenvalue weighted by Gasteiger charge is 2.25. The highest BCUT2D eigenvalue weighted by atomic mass is 16.5. The Morgan fingerprint density at radius 2 is 2.17 bits per heavy atom. The molecule has 0 aliphatic carbocycles. The zero-order valence-corrected chi connectivity index (χ0v) is 6.32. The van der Waals surface area contributed by atoms with Crippen LogP contribution < -0.4 is 10.5 Å². The molecule has 12 heavy (non-hydrogen) atoms. The van der Waals surface area contributed by atoms with Crippen molar-refractivity contribution in [2.45, 2.75) is 6.04 Å². The molecule has 64 valence electrons. The van der Waals surface area contributed by atoms with Gasteiger partial charge in [-0.2, -0.15) is 0 Å². The maximum absolute atomic E-state index is 9.38. The molecule has 0 radical (unpaired) electrons. The molecule has 2 rings (SSSR count). The summed E-state index contributed by atoms with van der Waals surface area (Å²) in [5.41, 5.74) is 6.12. The lowest BCUT2D eigenvalue weighted by Crippen LogP contribution is -2.10. The van der Waals surface area contributed by atoms with Crippen molar-refractivity contribution in [2.24, 2.45) is 5.73 Å². The van der Waals surface area contributed by atoms with Crippen molar-refractivity contribution in [2.75, 3.05) is 6.61 Å². The third-order valence-corrected chi connectivity index (χ3v) is 1.94. The van der Waals surface area contributed by atoms with Gasteiger partial charge in [0.1, 0.15) is 12.4 Å². The molecule has 0 fully saturated rings. The molecule has 1 aliphatic heterocycles. The van der Waals surface area contributed by atoms with Crippen LogP contribution in [-0.4, -0.2) is 16.8 Å². The zero-order chi connectivity index (χ0) is 8.72. The number of rotatable bonds is 0. The fourth-order valence-electron chi connectivity index (χ4n) is 1.33. The summed E-state index contributed by atoms with van der Waals surface area (Å²) >= 11 is 0. The van der Waals surface area contributed by atoms with Crippen LogP contribution in [-0.2, 0) is 0 Å². The highest BCUT2D eigenvalue weighted by molar-refractivity contribution is 5.55. The lowest BCUT2D eigenvalue weighted by atomic mass is 10.1. The van der Waals surface area contributed by atoms with Gasteiger partial charge < -0.3 is 20.7 Å². The molecule has 1 heterocycles. The molecule has 4 N–H and O–H groups in total. The van der Waals surface area contributed by atoms with Crippen LogP contribution in [0.5, 0.6) is 17.2 Å². The number of fused-ring (bicyclic) bond motifs is 1. The smallest absolute Gasteiger partial charge is 0.166 e. The van der Waals surface area contributed by atoms with E-state index in [0.717, 1.165) is 0 Å². The first-order chi connectivity index (χ1) is 5.70. The van der Waals surface area contributed by atoms with Crippen LogP contribution in [0.1, 0.15) is 11.6 Å². The van der Waals surface area contributed by atoms with E-state index in [2.05, 4.69) is 0 Å². The highest BCUT2D eigenvalue weighted by Crippen LogP contribution is 2.42. The van der Waals surface area contributed by atoms with E-state index in [4.69, 9.17) is 15.6 Å². The van der Waals surface area contributed by atoms with Gasteiger partial charge >= 0.3 is 0 Å². The van der Waals surface area contributed by atoms with E-state index < -0.39 is 0 Å². The molecule has 4 nitrogen and oxygen atoms in total. The molecule has 0 unspecified atom stereocenters. The fraction of sp³-hybridized carbons (Fsp3) is 0.250. The van der Waals surface area contributed by atoms with Crippen LogP contribution in [0.2, 0.25) is 0 Å². The summed E-state index contributed by atoms with van der Waals surface area (Å²) in [7, 11) is 0. The molecule has 0 spiro atoms. The molecule has 1 atom stereocenters. The Morgan fingerprint density at radius 1 is 1.42 bits per heavy atom. The van der Waals surface area contributed by atoms with Gasteiger partial charge in [-0.3, -0.25) is 0 Å². The number of nitrogens with two attached hydrogens (primary N) is 1. The Balaban J connectivity index is 2.63. The van der Waals surface area contributed by atoms with E-state index in [1.807, 2.05) is 0 Å². The molecule has 1 aliphatic rings. The van der Waals surface area contributed by atoms with Crippen molar-refractivity contribution in [1.29, 1.82) is 0 Å². The van der Waals surface area contributed by atoms with Crippen LogP contribution in [0.25, 0.3) is 0 Å². The minimum Gasteiger partial charge on any atom is -0.504 e. The van der Waals surface area contributed by atoms with Gasteiger partial charge in [0.05, 0.1) is 11.6 Å². The van der Waals surface area contributed by atoms with Crippen LogP contribution >= 0.6 is 0 Å². The summed E-state index contributed by atoms with van der Waals surface area (Å²) in [4.78, 5) is 0. The second-order valence-electron chi connectivity index (χ2n) is 2.76. The number of hydrogen-bond acceptors (Lipinski definition) is 4. The van der Waals surface area contributed by atoms with Gasteiger partial charge in [0, 0.05) is 0 Å². The van der Waals surface area contributed by atoms with Crippen molar-refractivity contribution in [3.05, 3.63) is 17.7 Å². The van der Waals surface area contributed by atoms with Crippen LogP contribution in [0.3, 0.4) is 0 Å². The Morgan fingerprint density at radius 3 is 2.92 bits per heavy atom. The van der Waals surface area contributed by atoms with Gasteiger partial charge in [-0.25, -0.2) is 0 Å². The summed E-state index contributed by atoms with van der Waals surface area (Å²) in [5, 5.41) is 18.5. The Labute approximate surface area is 69.2 Å². The van der Waals surface area contributed by atoms with E-state index >= 15 is 0 Å². The standard InChI is InChI=1S/C8H9NO3/c9-4-3-12-6-2-1-5(10)8(11)7(4)6/h1-2,4,10-11H,3,9H2/t4-/m1/s1. The van der Waals surface area contributed by atoms with Crippen molar-refractivity contribution in [3.8, 4) is 17.2 Å². The van der Waals surface area contributed by atoms with Crippen LogP contribution in [0.4, 0.5) is 0 Å². The fourth-order valence-corrected chi connectivity index (χ4v) is 1.33. The quantitative estimate of drug-likeness (QED) is 0.491. The predicted molar refractivity (Wildman–Crippen MR) is 42.2 cm³/mol. The number of phenols is 2. The van der Waals surface area contributed by atoms with E-state index in [0.29, 0.717) is 17.9 Å². The third-order valence-electron chi connectivity index (χ3n) is 1.94. The molecule has 0 saturated heterocycles. The van der Waals surface area contributed by atoms with E-state index in [-0.39, 0.29) is 17.5 Å². The zero-order valence-electron chi connectivity index (χ0n) is 6.32. The second-order valence-corrected chi connectivity index (χ2v) is 2.76. The third kappa shape index (κ3) is 0.816. The molecule has 0 aromatic heterocycles. The van der Waals surface area contributed by atoms with Crippen molar-refractivity contribution < 1.29 is 14.9 Å². The van der Waals surface area contributed by atoms with Crippen molar-refractivity contribution >= 4 is 0 Å². The predicted octanol–water partition coefficient (Wildman–Crippen LogP) is 0.490. The molecular weight excluding hydrogens is 158 g/mol. The lowest BCUT2D eigenvalue weighted by Gasteiger charge is -2.04. The van der Waals surface area contributed by atoms with Gasteiger partial charge in [0.2, 0.25) is 0 Å². The molecule has 4 heteroatoms. The number of aromatic hydroxyl groups is 2. The maximum Gasteiger partial charge on any atom is 0.166 e. The first kappa shape index (κ1) is 7.24. The number of phenolic OH excluding ortho intramolecular Hbond substituents is 2. The topological polar surface area (TPSA) is 75.7 Å². The van der Waals surface area contributed by atoms with E-state index in [1.54, 1.807) is 6.07 Å². The number of benzene rings is 1. The average Bonchev–Trinajstić information content (AvgIpc) is 2.41. The first-order valence-electron chi connectivity index (χ1n) is 3.63. The van der Waals surface area contributed by atoms with Crippen LogP contribution in [0.15, 0.2) is 12.1 Å². The minimum absolute atomic E-state index is 0.158. The van der Waals surface area contributed by atoms with Gasteiger partial charge in [-0.05, 0) is 12.1 Å². The first-order valence-corrected chi connectivity index (χ1v) is 3.63. The van der Waals surface area contributed by atoms with Gasteiger partial charge in [-0.1, -0.05) is 0 Å². The summed E-state index contributed by atoms with van der Waals surface area (Å²) in [6, 6.07) is 2.64. The molecule has 0 saturated carbocycles. The molecular formula is C8H9NO3. The Bertz CT molecular complexity index is 324. The van der Waals surface area contributed by atoms with E-state index in [9.17, 15) is 5.11 Å². The SMILES string of the molecule is N[C@@H]1COc2ccc(O)c(O)c21. The average molecular weight is 167 g/mol. The summed E-state index contributed by atoms with van der Waals surface area (Å²) in [6.45, 7) is 0.354. The normalized spacial score (nSPS) is 20.2.